The maximum Gasteiger partial charge on any atom is 0.253 e. The lowest BCUT2D eigenvalue weighted by atomic mass is 9.91. The fraction of sp³-hybridized carbons (Fsp3) is 0.200. The minimum Gasteiger partial charge on any atom is -0.493 e. The molecule has 1 heterocycles. The number of hydrogen-bond acceptors (Lipinski definition) is 4. The first-order valence-electron chi connectivity index (χ1n) is 7.87. The van der Waals surface area contributed by atoms with Gasteiger partial charge in [-0.3, -0.25) is 9.59 Å². The van der Waals surface area contributed by atoms with E-state index < -0.39 is 5.91 Å². The van der Waals surface area contributed by atoms with Crippen molar-refractivity contribution in [2.24, 2.45) is 5.73 Å². The van der Waals surface area contributed by atoms with Crippen molar-refractivity contribution in [2.45, 2.75) is 20.8 Å². The van der Waals surface area contributed by atoms with Gasteiger partial charge in [-0.2, -0.15) is 0 Å². The zero-order valence-electron chi connectivity index (χ0n) is 14.6. The molecule has 1 amide bonds. The average molecular weight is 337 g/mol. The number of rotatable bonds is 4. The quantitative estimate of drug-likeness (QED) is 0.729. The predicted octanol–water partition coefficient (Wildman–Crippen LogP) is 4.03. The average Bonchev–Trinajstić information content (AvgIpc) is 2.96. The maximum absolute atomic E-state index is 12.1. The van der Waals surface area contributed by atoms with Crippen LogP contribution < -0.4 is 10.5 Å². The van der Waals surface area contributed by atoms with Crippen molar-refractivity contribution in [1.29, 1.82) is 0 Å². The van der Waals surface area contributed by atoms with Crippen LogP contribution >= 0.6 is 0 Å². The first kappa shape index (κ1) is 16.8. The van der Waals surface area contributed by atoms with E-state index in [0.717, 1.165) is 22.3 Å². The molecule has 3 aromatic rings. The molecule has 128 valence electrons. The van der Waals surface area contributed by atoms with Crippen LogP contribution in [0.2, 0.25) is 0 Å². The Morgan fingerprint density at radius 2 is 1.72 bits per heavy atom. The van der Waals surface area contributed by atoms with E-state index in [-0.39, 0.29) is 17.1 Å². The van der Waals surface area contributed by atoms with E-state index in [0.29, 0.717) is 16.7 Å². The molecule has 0 unspecified atom stereocenters. The van der Waals surface area contributed by atoms with Gasteiger partial charge in [0.15, 0.2) is 22.9 Å². The number of carbonyl (C=O) groups is 2. The summed E-state index contributed by atoms with van der Waals surface area (Å²) in [5, 5.41) is 0.509. The zero-order valence-corrected chi connectivity index (χ0v) is 14.6. The Bertz CT molecular complexity index is 994. The first-order chi connectivity index (χ1) is 11.9. The summed E-state index contributed by atoms with van der Waals surface area (Å²) in [5.41, 5.74) is 9.90. The summed E-state index contributed by atoms with van der Waals surface area (Å²) < 4.78 is 11.1. The summed E-state index contributed by atoms with van der Waals surface area (Å²) in [7, 11) is 1.51. The second-order valence-electron chi connectivity index (χ2n) is 6.01. The number of ketones is 1. The highest BCUT2D eigenvalue weighted by Gasteiger charge is 2.27. The summed E-state index contributed by atoms with van der Waals surface area (Å²) >= 11 is 0. The number of fused-ring (bicyclic) bond motifs is 1. The summed E-state index contributed by atoms with van der Waals surface area (Å²) in [5.74, 6) is -0.663. The fourth-order valence-electron chi connectivity index (χ4n) is 3.27. The van der Waals surface area contributed by atoms with Crippen LogP contribution in [0.25, 0.3) is 22.1 Å². The molecule has 0 atom stereocenters. The molecule has 1 aromatic heterocycles. The Morgan fingerprint density at radius 3 is 2.24 bits per heavy atom. The third-order valence-electron chi connectivity index (χ3n) is 4.34. The molecule has 0 radical (unpaired) electrons. The number of nitrogens with two attached hydrogens (primary N) is 1. The molecule has 5 nitrogen and oxygen atoms in total. The van der Waals surface area contributed by atoms with E-state index in [2.05, 4.69) is 0 Å². The number of furan rings is 1. The fourth-order valence-corrected chi connectivity index (χ4v) is 3.27. The maximum atomic E-state index is 12.1. The Kier molecular flexibility index (Phi) is 4.08. The van der Waals surface area contributed by atoms with Crippen molar-refractivity contribution in [2.75, 3.05) is 7.11 Å². The third kappa shape index (κ3) is 2.58. The van der Waals surface area contributed by atoms with Crippen LogP contribution in [0.4, 0.5) is 0 Å². The van der Waals surface area contributed by atoms with E-state index in [4.69, 9.17) is 14.9 Å². The molecular formula is C20H19NO4. The second kappa shape index (κ2) is 6.09. The van der Waals surface area contributed by atoms with E-state index >= 15 is 0 Å². The molecule has 0 aliphatic heterocycles. The predicted molar refractivity (Wildman–Crippen MR) is 96.2 cm³/mol. The number of methoxy groups -OCH3 is 1. The van der Waals surface area contributed by atoms with Crippen molar-refractivity contribution in [1.82, 2.24) is 0 Å². The highest BCUT2D eigenvalue weighted by Crippen LogP contribution is 2.41. The molecule has 0 bridgehead atoms. The van der Waals surface area contributed by atoms with Gasteiger partial charge in [-0.1, -0.05) is 18.2 Å². The minimum absolute atomic E-state index is 0.0421. The Morgan fingerprint density at radius 1 is 1.08 bits per heavy atom. The molecule has 2 aromatic carbocycles. The normalized spacial score (nSPS) is 10.9. The van der Waals surface area contributed by atoms with Crippen molar-refractivity contribution in [3.8, 4) is 16.9 Å². The van der Waals surface area contributed by atoms with Gasteiger partial charge >= 0.3 is 0 Å². The first-order valence-corrected chi connectivity index (χ1v) is 7.87. The van der Waals surface area contributed by atoms with Crippen LogP contribution in [0.15, 0.2) is 34.7 Å². The summed E-state index contributed by atoms with van der Waals surface area (Å²) in [6.45, 7) is 5.33. The van der Waals surface area contributed by atoms with Gasteiger partial charge in [0.2, 0.25) is 0 Å². The highest BCUT2D eigenvalue weighted by atomic mass is 16.5. The number of carbonyl (C=O) groups excluding carboxylic acids is 2. The number of amides is 1. The van der Waals surface area contributed by atoms with Crippen molar-refractivity contribution in [3.63, 3.8) is 0 Å². The standard InChI is InChI=1S/C20H19NO4/c1-10-6-5-7-11(2)15(10)13-8-9-14(24-4)19-16(13)17(20(21)23)18(25-19)12(3)22/h5-9H,1-4H3,(H2,21,23). The number of ether oxygens (including phenoxy) is 1. The van der Waals surface area contributed by atoms with Crippen LogP contribution in [0, 0.1) is 13.8 Å². The molecule has 0 fully saturated rings. The lowest BCUT2D eigenvalue weighted by Crippen LogP contribution is -2.14. The zero-order chi connectivity index (χ0) is 18.3. The van der Waals surface area contributed by atoms with E-state index in [1.807, 2.05) is 38.1 Å². The van der Waals surface area contributed by atoms with Crippen LogP contribution in [-0.4, -0.2) is 18.8 Å². The third-order valence-corrected chi connectivity index (χ3v) is 4.34. The Labute approximate surface area is 145 Å². The van der Waals surface area contributed by atoms with Gasteiger partial charge in [0.25, 0.3) is 5.91 Å². The van der Waals surface area contributed by atoms with E-state index in [9.17, 15) is 9.59 Å². The van der Waals surface area contributed by atoms with Gasteiger partial charge in [-0.15, -0.1) is 0 Å². The van der Waals surface area contributed by atoms with Gasteiger partial charge in [0.1, 0.15) is 0 Å². The molecule has 0 spiro atoms. The molecular weight excluding hydrogens is 318 g/mol. The lowest BCUT2D eigenvalue weighted by molar-refractivity contribution is 0.0958. The number of hydrogen-bond donors (Lipinski definition) is 1. The van der Waals surface area contributed by atoms with Crippen molar-refractivity contribution >= 4 is 22.7 Å². The summed E-state index contributed by atoms with van der Waals surface area (Å²) in [4.78, 5) is 24.1. The topological polar surface area (TPSA) is 82.5 Å². The molecule has 5 heteroatoms. The van der Waals surface area contributed by atoms with Gasteiger partial charge < -0.3 is 14.9 Å². The molecule has 0 aliphatic rings. The molecule has 0 aliphatic carbocycles. The SMILES string of the molecule is COc1ccc(-c2c(C)cccc2C)c2c(C(N)=O)c(C(C)=O)oc12. The highest BCUT2D eigenvalue weighted by molar-refractivity contribution is 6.18. The number of benzene rings is 2. The molecule has 3 rings (SSSR count). The molecule has 0 saturated heterocycles. The smallest absolute Gasteiger partial charge is 0.253 e. The van der Waals surface area contributed by atoms with Crippen molar-refractivity contribution < 1.29 is 18.7 Å². The Hall–Kier alpha value is -3.08. The van der Waals surface area contributed by atoms with E-state index in [1.54, 1.807) is 6.07 Å². The molecule has 25 heavy (non-hydrogen) atoms. The van der Waals surface area contributed by atoms with Crippen LogP contribution in [0.1, 0.15) is 39.0 Å². The van der Waals surface area contributed by atoms with Gasteiger partial charge in [-0.05, 0) is 48.2 Å². The van der Waals surface area contributed by atoms with Gasteiger partial charge in [0.05, 0.1) is 12.7 Å². The van der Waals surface area contributed by atoms with Crippen LogP contribution in [-0.2, 0) is 0 Å². The second-order valence-corrected chi connectivity index (χ2v) is 6.01. The van der Waals surface area contributed by atoms with Gasteiger partial charge in [0, 0.05) is 12.3 Å². The number of primary amides is 1. The lowest BCUT2D eigenvalue weighted by Gasteiger charge is -2.13. The summed E-state index contributed by atoms with van der Waals surface area (Å²) in [6, 6.07) is 9.59. The molecule has 2 N–H and O–H groups in total. The number of Topliss-reactive ketones (excluding diaryl/α,β-unsaturated/α-hetero) is 1. The Balaban J connectivity index is 2.54. The van der Waals surface area contributed by atoms with Gasteiger partial charge in [-0.25, -0.2) is 0 Å². The largest absolute Gasteiger partial charge is 0.493 e. The summed E-state index contributed by atoms with van der Waals surface area (Å²) in [6.07, 6.45) is 0. The molecule has 0 saturated carbocycles. The monoisotopic (exact) mass is 337 g/mol. The van der Waals surface area contributed by atoms with Crippen molar-refractivity contribution in [3.05, 3.63) is 52.8 Å². The van der Waals surface area contributed by atoms with Crippen LogP contribution in [0.5, 0.6) is 5.75 Å². The number of aryl methyl sites for hydroxylation is 2. The minimum atomic E-state index is -0.704. The van der Waals surface area contributed by atoms with Crippen LogP contribution in [0.3, 0.4) is 0 Å². The van der Waals surface area contributed by atoms with E-state index in [1.165, 1.54) is 14.0 Å².